The van der Waals surface area contributed by atoms with Crippen molar-refractivity contribution in [1.82, 2.24) is 20.5 Å². The molecule has 2 aromatic heterocycles. The van der Waals surface area contributed by atoms with Gasteiger partial charge in [0.2, 0.25) is 0 Å². The molecule has 1 aliphatic rings. The first kappa shape index (κ1) is 12.5. The quantitative estimate of drug-likeness (QED) is 0.874. The number of aromatic nitrogens is 3. The SMILES string of the molecule is O=C(NC1CCC1)c1cc(-c2ccncc2)n[nH]c1=O. The van der Waals surface area contributed by atoms with E-state index >= 15 is 0 Å². The standard InChI is InChI=1S/C14H14N4O2/c19-13(16-10-2-1-3-10)11-8-12(17-18-14(11)20)9-4-6-15-7-5-9/h4-8,10H,1-3H2,(H,16,19)(H,18,20). The van der Waals surface area contributed by atoms with E-state index in [1.54, 1.807) is 24.5 Å². The second-order valence-corrected chi connectivity index (χ2v) is 4.83. The fraction of sp³-hybridized carbons (Fsp3) is 0.286. The second-order valence-electron chi connectivity index (χ2n) is 4.83. The van der Waals surface area contributed by atoms with Crippen molar-refractivity contribution < 1.29 is 4.79 Å². The molecule has 1 amide bonds. The average Bonchev–Trinajstić information content (AvgIpc) is 2.44. The van der Waals surface area contributed by atoms with E-state index in [0.717, 1.165) is 24.8 Å². The Morgan fingerprint density at radius 3 is 2.70 bits per heavy atom. The Bertz CT molecular complexity index is 677. The highest BCUT2D eigenvalue weighted by Gasteiger charge is 2.22. The number of hydrogen-bond acceptors (Lipinski definition) is 4. The van der Waals surface area contributed by atoms with Gasteiger partial charge in [-0.2, -0.15) is 5.10 Å². The van der Waals surface area contributed by atoms with Crippen LogP contribution in [0.3, 0.4) is 0 Å². The summed E-state index contributed by atoms with van der Waals surface area (Å²) in [5.41, 5.74) is 0.970. The van der Waals surface area contributed by atoms with Crippen LogP contribution >= 0.6 is 0 Å². The lowest BCUT2D eigenvalue weighted by Gasteiger charge is -2.26. The van der Waals surface area contributed by atoms with Gasteiger partial charge < -0.3 is 5.32 Å². The number of hydrogen-bond donors (Lipinski definition) is 2. The van der Waals surface area contributed by atoms with E-state index in [0.29, 0.717) is 5.69 Å². The summed E-state index contributed by atoms with van der Waals surface area (Å²) in [6, 6.07) is 5.25. The van der Waals surface area contributed by atoms with E-state index in [-0.39, 0.29) is 17.5 Å². The smallest absolute Gasteiger partial charge is 0.277 e. The maximum absolute atomic E-state index is 12.1. The van der Waals surface area contributed by atoms with Crippen LogP contribution in [0.2, 0.25) is 0 Å². The molecule has 0 aromatic carbocycles. The highest BCUT2D eigenvalue weighted by atomic mass is 16.2. The molecule has 0 aliphatic heterocycles. The van der Waals surface area contributed by atoms with E-state index in [2.05, 4.69) is 20.5 Å². The van der Waals surface area contributed by atoms with Gasteiger partial charge in [-0.25, -0.2) is 5.10 Å². The number of aromatic amines is 1. The highest BCUT2D eigenvalue weighted by Crippen LogP contribution is 2.19. The molecule has 20 heavy (non-hydrogen) atoms. The molecule has 102 valence electrons. The minimum absolute atomic E-state index is 0.0960. The number of H-pyrrole nitrogens is 1. The maximum atomic E-state index is 12.1. The third kappa shape index (κ3) is 2.45. The van der Waals surface area contributed by atoms with E-state index in [9.17, 15) is 9.59 Å². The molecule has 0 unspecified atom stereocenters. The lowest BCUT2D eigenvalue weighted by molar-refractivity contribution is 0.0915. The summed E-state index contributed by atoms with van der Waals surface area (Å²) in [6.45, 7) is 0. The zero-order valence-electron chi connectivity index (χ0n) is 10.8. The predicted octanol–water partition coefficient (Wildman–Crippen LogP) is 1.11. The first-order chi connectivity index (χ1) is 9.74. The number of amides is 1. The van der Waals surface area contributed by atoms with Crippen molar-refractivity contribution in [3.05, 3.63) is 46.5 Å². The van der Waals surface area contributed by atoms with Crippen LogP contribution in [0.1, 0.15) is 29.6 Å². The van der Waals surface area contributed by atoms with Gasteiger partial charge in [-0.05, 0) is 37.5 Å². The van der Waals surface area contributed by atoms with Gasteiger partial charge in [-0.3, -0.25) is 14.6 Å². The number of pyridine rings is 1. The fourth-order valence-electron chi connectivity index (χ4n) is 2.06. The monoisotopic (exact) mass is 270 g/mol. The van der Waals surface area contributed by atoms with E-state index in [1.807, 2.05) is 0 Å². The Kier molecular flexibility index (Phi) is 3.28. The zero-order valence-corrected chi connectivity index (χ0v) is 10.8. The van der Waals surface area contributed by atoms with E-state index in [1.165, 1.54) is 6.07 Å². The molecule has 1 fully saturated rings. The molecule has 1 saturated carbocycles. The van der Waals surface area contributed by atoms with Crippen molar-refractivity contribution in [2.45, 2.75) is 25.3 Å². The zero-order chi connectivity index (χ0) is 13.9. The summed E-state index contributed by atoms with van der Waals surface area (Å²) in [4.78, 5) is 27.7. The Balaban J connectivity index is 1.90. The van der Waals surface area contributed by atoms with Crippen molar-refractivity contribution in [2.75, 3.05) is 0 Å². The van der Waals surface area contributed by atoms with Gasteiger partial charge >= 0.3 is 0 Å². The first-order valence-corrected chi connectivity index (χ1v) is 6.55. The second kappa shape index (κ2) is 5.24. The van der Waals surface area contributed by atoms with E-state index in [4.69, 9.17) is 0 Å². The van der Waals surface area contributed by atoms with Crippen molar-refractivity contribution in [3.63, 3.8) is 0 Å². The number of carbonyl (C=O) groups is 1. The van der Waals surface area contributed by atoms with Gasteiger partial charge in [0, 0.05) is 24.0 Å². The summed E-state index contributed by atoms with van der Waals surface area (Å²) in [5, 5.41) is 9.18. The van der Waals surface area contributed by atoms with Gasteiger partial charge in [-0.1, -0.05) is 0 Å². The molecule has 0 saturated heterocycles. The molecule has 2 heterocycles. The van der Waals surface area contributed by atoms with Crippen molar-refractivity contribution in [2.24, 2.45) is 0 Å². The minimum atomic E-state index is -0.473. The van der Waals surface area contributed by atoms with Crippen LogP contribution in [0.4, 0.5) is 0 Å². The molecule has 6 heteroatoms. The highest BCUT2D eigenvalue weighted by molar-refractivity contribution is 5.94. The number of nitrogens with zero attached hydrogens (tertiary/aromatic N) is 2. The molecule has 3 rings (SSSR count). The van der Waals surface area contributed by atoms with Crippen LogP contribution in [0.25, 0.3) is 11.3 Å². The summed E-state index contributed by atoms with van der Waals surface area (Å²) < 4.78 is 0. The van der Waals surface area contributed by atoms with Crippen LogP contribution in [0, 0.1) is 0 Å². The van der Waals surface area contributed by atoms with Crippen LogP contribution in [0.15, 0.2) is 35.4 Å². The van der Waals surface area contributed by atoms with Crippen molar-refractivity contribution >= 4 is 5.91 Å². The molecule has 6 nitrogen and oxygen atoms in total. The summed E-state index contributed by atoms with van der Waals surface area (Å²) >= 11 is 0. The molecule has 2 aromatic rings. The van der Waals surface area contributed by atoms with Crippen LogP contribution in [-0.2, 0) is 0 Å². The van der Waals surface area contributed by atoms with Crippen LogP contribution in [-0.4, -0.2) is 27.1 Å². The molecule has 1 aliphatic carbocycles. The van der Waals surface area contributed by atoms with Gasteiger partial charge in [0.1, 0.15) is 5.56 Å². The predicted molar refractivity (Wildman–Crippen MR) is 73.2 cm³/mol. The molecule has 0 radical (unpaired) electrons. The minimum Gasteiger partial charge on any atom is -0.349 e. The molecule has 0 spiro atoms. The number of rotatable bonds is 3. The lowest BCUT2D eigenvalue weighted by atomic mass is 9.93. The summed E-state index contributed by atoms with van der Waals surface area (Å²) in [7, 11) is 0. The van der Waals surface area contributed by atoms with Crippen LogP contribution < -0.4 is 10.9 Å². The average molecular weight is 270 g/mol. The molecule has 0 bridgehead atoms. The third-order valence-electron chi connectivity index (χ3n) is 3.46. The molecular formula is C14H14N4O2. The van der Waals surface area contributed by atoms with E-state index < -0.39 is 5.56 Å². The number of carbonyl (C=O) groups excluding carboxylic acids is 1. The first-order valence-electron chi connectivity index (χ1n) is 6.55. The Labute approximate surface area is 115 Å². The fourth-order valence-corrected chi connectivity index (χ4v) is 2.06. The molecule has 0 atom stereocenters. The maximum Gasteiger partial charge on any atom is 0.277 e. The third-order valence-corrected chi connectivity index (χ3v) is 3.46. The largest absolute Gasteiger partial charge is 0.349 e. The van der Waals surface area contributed by atoms with Gasteiger partial charge in [0.15, 0.2) is 0 Å². The van der Waals surface area contributed by atoms with Gasteiger partial charge in [0.25, 0.3) is 11.5 Å². The van der Waals surface area contributed by atoms with Crippen LogP contribution in [0.5, 0.6) is 0 Å². The Morgan fingerprint density at radius 1 is 1.30 bits per heavy atom. The lowest BCUT2D eigenvalue weighted by Crippen LogP contribution is -2.41. The molecule has 2 N–H and O–H groups in total. The number of nitrogens with one attached hydrogen (secondary N) is 2. The van der Waals surface area contributed by atoms with Gasteiger partial charge in [-0.15, -0.1) is 0 Å². The summed E-state index contributed by atoms with van der Waals surface area (Å²) in [5.74, 6) is -0.339. The Hall–Kier alpha value is -2.50. The normalized spacial score (nSPS) is 14.6. The van der Waals surface area contributed by atoms with Crippen molar-refractivity contribution in [1.29, 1.82) is 0 Å². The van der Waals surface area contributed by atoms with Gasteiger partial charge in [0.05, 0.1) is 5.69 Å². The summed E-state index contributed by atoms with van der Waals surface area (Å²) in [6.07, 6.45) is 6.35. The molecular weight excluding hydrogens is 256 g/mol. The van der Waals surface area contributed by atoms with Crippen molar-refractivity contribution in [3.8, 4) is 11.3 Å². The topological polar surface area (TPSA) is 87.7 Å². The Morgan fingerprint density at radius 2 is 2.05 bits per heavy atom.